The van der Waals surface area contributed by atoms with Crippen LogP contribution in [0.15, 0.2) is 48.5 Å². The number of rotatable bonds is 7. The first-order valence-corrected chi connectivity index (χ1v) is 10.1. The maximum atomic E-state index is 13.0. The monoisotopic (exact) mass is 398 g/mol. The van der Waals surface area contributed by atoms with E-state index in [2.05, 4.69) is 5.32 Å². The highest BCUT2D eigenvalue weighted by molar-refractivity contribution is 5.94. The van der Waals surface area contributed by atoms with E-state index in [4.69, 9.17) is 4.74 Å². The first-order valence-electron chi connectivity index (χ1n) is 10.1. The molecule has 0 bridgehead atoms. The molecule has 1 saturated heterocycles. The number of ether oxygens (including phenoxy) is 1. The fraction of sp³-hybridized carbons (Fsp3) is 0.391. The van der Waals surface area contributed by atoms with Crippen LogP contribution in [0.5, 0.6) is 5.75 Å². The SMILES string of the molecule is CCCC(=O)NC1CCCN(C(=O)c2cccc(OCc3ccc(F)cc3)c2)C1. The second kappa shape index (κ2) is 10.0. The predicted molar refractivity (Wildman–Crippen MR) is 109 cm³/mol. The highest BCUT2D eigenvalue weighted by atomic mass is 19.1. The Morgan fingerprint density at radius 2 is 2.00 bits per heavy atom. The van der Waals surface area contributed by atoms with Gasteiger partial charge in [0, 0.05) is 31.1 Å². The minimum Gasteiger partial charge on any atom is -0.489 e. The number of amides is 2. The molecule has 1 N–H and O–H groups in total. The van der Waals surface area contributed by atoms with E-state index in [-0.39, 0.29) is 23.7 Å². The normalized spacial score (nSPS) is 16.3. The fourth-order valence-corrected chi connectivity index (χ4v) is 3.46. The van der Waals surface area contributed by atoms with E-state index in [9.17, 15) is 14.0 Å². The minimum atomic E-state index is -0.285. The molecule has 154 valence electrons. The Bertz CT molecular complexity index is 838. The largest absolute Gasteiger partial charge is 0.489 e. The second-order valence-electron chi connectivity index (χ2n) is 7.35. The van der Waals surface area contributed by atoms with Crippen molar-refractivity contribution in [3.63, 3.8) is 0 Å². The van der Waals surface area contributed by atoms with Crippen LogP contribution in [0.3, 0.4) is 0 Å². The molecule has 1 aliphatic rings. The van der Waals surface area contributed by atoms with Gasteiger partial charge in [-0.1, -0.05) is 25.1 Å². The lowest BCUT2D eigenvalue weighted by Gasteiger charge is -2.33. The van der Waals surface area contributed by atoms with Crippen molar-refractivity contribution < 1.29 is 18.7 Å². The molecule has 0 aliphatic carbocycles. The molecular weight excluding hydrogens is 371 g/mol. The van der Waals surface area contributed by atoms with Gasteiger partial charge in [0.2, 0.25) is 5.91 Å². The molecule has 0 spiro atoms. The molecule has 2 aromatic rings. The summed E-state index contributed by atoms with van der Waals surface area (Å²) in [5.41, 5.74) is 1.41. The highest BCUT2D eigenvalue weighted by Crippen LogP contribution is 2.19. The summed E-state index contributed by atoms with van der Waals surface area (Å²) in [5, 5.41) is 3.03. The van der Waals surface area contributed by atoms with Crippen LogP contribution in [0.2, 0.25) is 0 Å². The van der Waals surface area contributed by atoms with Crippen LogP contribution in [0.4, 0.5) is 4.39 Å². The second-order valence-corrected chi connectivity index (χ2v) is 7.35. The van der Waals surface area contributed by atoms with Gasteiger partial charge in [0.05, 0.1) is 0 Å². The first kappa shape index (κ1) is 20.8. The van der Waals surface area contributed by atoms with Crippen molar-refractivity contribution in [2.45, 2.75) is 45.3 Å². The molecule has 1 aliphatic heterocycles. The third-order valence-corrected chi connectivity index (χ3v) is 4.95. The number of halogens is 1. The minimum absolute atomic E-state index is 0.00431. The van der Waals surface area contributed by atoms with Crippen LogP contribution in [-0.4, -0.2) is 35.8 Å². The number of nitrogens with one attached hydrogen (secondary N) is 1. The van der Waals surface area contributed by atoms with Crippen LogP contribution in [0, 0.1) is 5.82 Å². The Labute approximate surface area is 170 Å². The van der Waals surface area contributed by atoms with E-state index in [1.807, 2.05) is 6.92 Å². The van der Waals surface area contributed by atoms with Gasteiger partial charge in [0.1, 0.15) is 18.2 Å². The third kappa shape index (κ3) is 6.04. The molecule has 0 saturated carbocycles. The first-order chi connectivity index (χ1) is 14.0. The standard InChI is InChI=1S/C23H27FN2O3/c1-2-5-22(27)25-20-7-4-13-26(15-20)23(28)18-6-3-8-21(14-18)29-16-17-9-11-19(24)12-10-17/h3,6,8-12,14,20H,2,4-5,7,13,15-16H2,1H3,(H,25,27). The zero-order valence-electron chi connectivity index (χ0n) is 16.7. The molecule has 5 nitrogen and oxygen atoms in total. The number of carbonyl (C=O) groups excluding carboxylic acids is 2. The van der Waals surface area contributed by atoms with E-state index in [1.54, 1.807) is 41.3 Å². The molecule has 3 rings (SSSR count). The zero-order chi connectivity index (χ0) is 20.6. The Kier molecular flexibility index (Phi) is 7.22. The van der Waals surface area contributed by atoms with Crippen LogP contribution in [0.1, 0.15) is 48.5 Å². The van der Waals surface area contributed by atoms with Crippen molar-refractivity contribution in [3.05, 3.63) is 65.5 Å². The smallest absolute Gasteiger partial charge is 0.254 e. The van der Waals surface area contributed by atoms with Crippen molar-refractivity contribution in [3.8, 4) is 5.75 Å². The van der Waals surface area contributed by atoms with Gasteiger partial charge >= 0.3 is 0 Å². The van der Waals surface area contributed by atoms with Gasteiger partial charge in [0.15, 0.2) is 0 Å². The number of hydrogen-bond donors (Lipinski definition) is 1. The molecular formula is C23H27FN2O3. The van der Waals surface area contributed by atoms with Crippen molar-refractivity contribution >= 4 is 11.8 Å². The molecule has 0 aromatic heterocycles. The van der Waals surface area contributed by atoms with E-state index >= 15 is 0 Å². The summed E-state index contributed by atoms with van der Waals surface area (Å²) in [6.45, 7) is 3.48. The number of benzene rings is 2. The van der Waals surface area contributed by atoms with Gasteiger partial charge in [-0.3, -0.25) is 9.59 Å². The quantitative estimate of drug-likeness (QED) is 0.769. The van der Waals surface area contributed by atoms with Gasteiger partial charge < -0.3 is 15.0 Å². The Morgan fingerprint density at radius 1 is 1.21 bits per heavy atom. The van der Waals surface area contributed by atoms with E-state index in [1.165, 1.54) is 12.1 Å². The molecule has 1 heterocycles. The summed E-state index contributed by atoms with van der Waals surface area (Å²) in [6, 6.07) is 13.2. The molecule has 2 amide bonds. The molecule has 1 fully saturated rings. The maximum Gasteiger partial charge on any atom is 0.254 e. The number of likely N-dealkylation sites (tertiary alicyclic amines) is 1. The predicted octanol–water partition coefficient (Wildman–Crippen LogP) is 3.93. The Balaban J connectivity index is 1.59. The van der Waals surface area contributed by atoms with Gasteiger partial charge in [-0.25, -0.2) is 4.39 Å². The van der Waals surface area contributed by atoms with Crippen molar-refractivity contribution in [2.75, 3.05) is 13.1 Å². The number of piperidine rings is 1. The maximum absolute atomic E-state index is 13.0. The summed E-state index contributed by atoms with van der Waals surface area (Å²) in [6.07, 6.45) is 3.08. The van der Waals surface area contributed by atoms with E-state index in [0.717, 1.165) is 24.8 Å². The molecule has 29 heavy (non-hydrogen) atoms. The zero-order valence-corrected chi connectivity index (χ0v) is 16.7. The van der Waals surface area contributed by atoms with Crippen molar-refractivity contribution in [2.24, 2.45) is 0 Å². The fourth-order valence-electron chi connectivity index (χ4n) is 3.46. The van der Waals surface area contributed by atoms with Crippen LogP contribution >= 0.6 is 0 Å². The summed E-state index contributed by atoms with van der Waals surface area (Å²) >= 11 is 0. The van der Waals surface area contributed by atoms with Crippen molar-refractivity contribution in [1.29, 1.82) is 0 Å². The Morgan fingerprint density at radius 3 is 2.76 bits per heavy atom. The van der Waals surface area contributed by atoms with E-state index < -0.39 is 0 Å². The molecule has 6 heteroatoms. The molecule has 0 radical (unpaired) electrons. The number of carbonyl (C=O) groups is 2. The van der Waals surface area contributed by atoms with Gasteiger partial charge in [-0.2, -0.15) is 0 Å². The lowest BCUT2D eigenvalue weighted by atomic mass is 10.0. The lowest BCUT2D eigenvalue weighted by Crippen LogP contribution is -2.49. The van der Waals surface area contributed by atoms with Gasteiger partial charge in [-0.15, -0.1) is 0 Å². The topological polar surface area (TPSA) is 58.6 Å². The average Bonchev–Trinajstić information content (AvgIpc) is 2.73. The van der Waals surface area contributed by atoms with Crippen LogP contribution < -0.4 is 10.1 Å². The summed E-state index contributed by atoms with van der Waals surface area (Å²) in [5.74, 6) is 0.284. The third-order valence-electron chi connectivity index (χ3n) is 4.95. The lowest BCUT2D eigenvalue weighted by molar-refractivity contribution is -0.122. The summed E-state index contributed by atoms with van der Waals surface area (Å²) in [4.78, 5) is 26.6. The Hall–Kier alpha value is -2.89. The van der Waals surface area contributed by atoms with Crippen LogP contribution in [0.25, 0.3) is 0 Å². The number of hydrogen-bond acceptors (Lipinski definition) is 3. The van der Waals surface area contributed by atoms with Gasteiger partial charge in [-0.05, 0) is 55.2 Å². The van der Waals surface area contributed by atoms with Crippen LogP contribution in [-0.2, 0) is 11.4 Å². The molecule has 1 atom stereocenters. The van der Waals surface area contributed by atoms with E-state index in [0.29, 0.717) is 37.4 Å². The van der Waals surface area contributed by atoms with Gasteiger partial charge in [0.25, 0.3) is 5.91 Å². The summed E-state index contributed by atoms with van der Waals surface area (Å²) in [7, 11) is 0. The average molecular weight is 398 g/mol. The summed E-state index contributed by atoms with van der Waals surface area (Å²) < 4.78 is 18.8. The number of nitrogens with zero attached hydrogens (tertiary/aromatic N) is 1. The molecule has 2 aromatic carbocycles. The molecule has 1 unspecified atom stereocenters. The van der Waals surface area contributed by atoms with Crippen molar-refractivity contribution in [1.82, 2.24) is 10.2 Å². The highest BCUT2D eigenvalue weighted by Gasteiger charge is 2.25.